The Morgan fingerprint density at radius 1 is 0.862 bits per heavy atom. The van der Waals surface area contributed by atoms with Crippen LogP contribution >= 0.6 is 0 Å². The van der Waals surface area contributed by atoms with Crippen LogP contribution in [0.25, 0.3) is 0 Å². The number of carbonyl (C=O) groups is 1. The number of likely N-dealkylation sites (tertiary alicyclic amines) is 1. The van der Waals surface area contributed by atoms with Gasteiger partial charge < -0.3 is 15.1 Å². The maximum absolute atomic E-state index is 12.6. The number of amides is 2. The Kier molecular flexibility index (Phi) is 6.16. The van der Waals surface area contributed by atoms with Gasteiger partial charge in [0.2, 0.25) is 0 Å². The Morgan fingerprint density at radius 3 is 2.07 bits per heavy atom. The highest BCUT2D eigenvalue weighted by Crippen LogP contribution is 2.39. The molecular formula is C24H32N4O. The summed E-state index contributed by atoms with van der Waals surface area (Å²) in [7, 11) is 2.21. The highest BCUT2D eigenvalue weighted by Gasteiger charge is 2.42. The summed E-state index contributed by atoms with van der Waals surface area (Å²) in [6.07, 6.45) is 2.29. The first-order valence-electron chi connectivity index (χ1n) is 10.7. The number of carbonyl (C=O) groups excluding carboxylic acids is 1. The summed E-state index contributed by atoms with van der Waals surface area (Å²) in [5.74, 6) is 0. The highest BCUT2D eigenvalue weighted by atomic mass is 16.2. The average Bonchev–Trinajstić information content (AvgIpc) is 2.80. The normalized spacial score (nSPS) is 20.4. The van der Waals surface area contributed by atoms with Gasteiger partial charge in [0, 0.05) is 38.3 Å². The van der Waals surface area contributed by atoms with Gasteiger partial charge in [-0.05, 0) is 44.1 Å². The predicted molar refractivity (Wildman–Crippen MR) is 117 cm³/mol. The molecule has 2 saturated heterocycles. The summed E-state index contributed by atoms with van der Waals surface area (Å²) in [5, 5.41) is 3.07. The second kappa shape index (κ2) is 8.97. The van der Waals surface area contributed by atoms with Crippen molar-refractivity contribution in [2.24, 2.45) is 0 Å². The molecule has 0 spiro atoms. The molecule has 1 N–H and O–H groups in total. The molecule has 2 fully saturated rings. The molecule has 2 heterocycles. The zero-order valence-electron chi connectivity index (χ0n) is 17.4. The van der Waals surface area contributed by atoms with Crippen LogP contribution in [0.1, 0.15) is 24.0 Å². The van der Waals surface area contributed by atoms with Crippen LogP contribution in [0.5, 0.6) is 0 Å². The van der Waals surface area contributed by atoms with Gasteiger partial charge in [-0.1, -0.05) is 60.7 Å². The average molecular weight is 393 g/mol. The summed E-state index contributed by atoms with van der Waals surface area (Å²) >= 11 is 0. The van der Waals surface area contributed by atoms with Gasteiger partial charge in [-0.15, -0.1) is 0 Å². The second-order valence-electron chi connectivity index (χ2n) is 8.32. The Hall–Kier alpha value is -2.37. The summed E-state index contributed by atoms with van der Waals surface area (Å²) in [6.45, 7) is 6.24. The number of nitrogens with one attached hydrogen (secondary N) is 1. The number of benzene rings is 2. The molecule has 0 aliphatic carbocycles. The Morgan fingerprint density at radius 2 is 1.45 bits per heavy atom. The minimum atomic E-state index is 0.0469. The van der Waals surface area contributed by atoms with Crippen molar-refractivity contribution in [3.63, 3.8) is 0 Å². The van der Waals surface area contributed by atoms with Crippen LogP contribution in [-0.4, -0.2) is 67.0 Å². The van der Waals surface area contributed by atoms with Gasteiger partial charge in [0.05, 0.1) is 0 Å². The molecule has 2 aliphatic heterocycles. The van der Waals surface area contributed by atoms with Gasteiger partial charge in [0.25, 0.3) is 0 Å². The van der Waals surface area contributed by atoms with Crippen molar-refractivity contribution in [2.75, 3.05) is 46.3 Å². The first-order valence-corrected chi connectivity index (χ1v) is 10.7. The lowest BCUT2D eigenvalue weighted by atomic mass is 9.79. The molecule has 2 aromatic rings. The van der Waals surface area contributed by atoms with Crippen molar-refractivity contribution in [2.45, 2.75) is 24.9 Å². The molecule has 0 radical (unpaired) electrons. The van der Waals surface area contributed by atoms with Crippen LogP contribution < -0.4 is 5.32 Å². The van der Waals surface area contributed by atoms with Gasteiger partial charge in [-0.3, -0.25) is 4.90 Å². The largest absolute Gasteiger partial charge is 0.334 e. The van der Waals surface area contributed by atoms with E-state index in [9.17, 15) is 4.79 Å². The molecule has 2 amide bonds. The van der Waals surface area contributed by atoms with Crippen molar-refractivity contribution in [3.05, 3.63) is 71.8 Å². The lowest BCUT2D eigenvalue weighted by Crippen LogP contribution is -2.60. The fraction of sp³-hybridized carbons (Fsp3) is 0.458. The number of hydrogen-bond donors (Lipinski definition) is 1. The van der Waals surface area contributed by atoms with Crippen LogP contribution in [-0.2, 0) is 12.1 Å². The molecule has 2 aliphatic rings. The van der Waals surface area contributed by atoms with E-state index in [1.165, 1.54) is 5.56 Å². The van der Waals surface area contributed by atoms with Gasteiger partial charge >= 0.3 is 6.03 Å². The molecule has 2 aromatic carbocycles. The topological polar surface area (TPSA) is 38.8 Å². The minimum Gasteiger partial charge on any atom is -0.334 e. The Balaban J connectivity index is 1.38. The third kappa shape index (κ3) is 4.46. The van der Waals surface area contributed by atoms with Crippen molar-refractivity contribution >= 4 is 6.03 Å². The predicted octanol–water partition coefficient (Wildman–Crippen LogP) is 3.13. The second-order valence-corrected chi connectivity index (χ2v) is 8.32. The van der Waals surface area contributed by atoms with Crippen LogP contribution in [0, 0.1) is 0 Å². The molecule has 0 atom stereocenters. The van der Waals surface area contributed by atoms with Crippen molar-refractivity contribution in [1.82, 2.24) is 20.0 Å². The third-order valence-corrected chi connectivity index (χ3v) is 6.58. The Bertz CT molecular complexity index is 779. The van der Waals surface area contributed by atoms with E-state index in [4.69, 9.17) is 0 Å². The molecular weight excluding hydrogens is 360 g/mol. The zero-order valence-corrected chi connectivity index (χ0v) is 17.4. The monoisotopic (exact) mass is 392 g/mol. The molecule has 5 heteroatoms. The first kappa shape index (κ1) is 19.9. The van der Waals surface area contributed by atoms with Crippen molar-refractivity contribution < 1.29 is 4.79 Å². The maximum atomic E-state index is 12.6. The van der Waals surface area contributed by atoms with Crippen LogP contribution in [0.2, 0.25) is 0 Å². The SMILES string of the molecule is CN1CCC(c2ccccc2)(N2CCN(C(=O)NCc3ccccc3)CC2)CC1. The fourth-order valence-corrected chi connectivity index (χ4v) is 4.75. The van der Waals surface area contributed by atoms with Gasteiger partial charge in [0.1, 0.15) is 0 Å². The minimum absolute atomic E-state index is 0.0469. The third-order valence-electron chi connectivity index (χ3n) is 6.58. The summed E-state index contributed by atoms with van der Waals surface area (Å²) in [4.78, 5) is 19.7. The molecule has 154 valence electrons. The van der Waals surface area contributed by atoms with Crippen molar-refractivity contribution in [3.8, 4) is 0 Å². The van der Waals surface area contributed by atoms with E-state index in [1.54, 1.807) is 0 Å². The zero-order chi connectivity index (χ0) is 20.1. The number of hydrogen-bond acceptors (Lipinski definition) is 3. The molecule has 0 bridgehead atoms. The van der Waals surface area contributed by atoms with E-state index in [0.717, 1.165) is 57.7 Å². The first-order chi connectivity index (χ1) is 14.2. The molecule has 0 unspecified atom stereocenters. The van der Waals surface area contributed by atoms with E-state index in [0.29, 0.717) is 6.54 Å². The van der Waals surface area contributed by atoms with E-state index in [2.05, 4.69) is 52.5 Å². The molecule has 0 saturated carbocycles. The quantitative estimate of drug-likeness (QED) is 0.869. The summed E-state index contributed by atoms with van der Waals surface area (Å²) < 4.78 is 0. The number of rotatable bonds is 4. The Labute approximate surface area is 174 Å². The van der Waals surface area contributed by atoms with Gasteiger partial charge in [-0.2, -0.15) is 0 Å². The smallest absolute Gasteiger partial charge is 0.317 e. The fourth-order valence-electron chi connectivity index (χ4n) is 4.75. The summed E-state index contributed by atoms with van der Waals surface area (Å²) in [6, 6.07) is 21.1. The number of nitrogens with zero attached hydrogens (tertiary/aromatic N) is 3. The lowest BCUT2D eigenvalue weighted by molar-refractivity contribution is -0.00282. The van der Waals surface area contributed by atoms with E-state index in [-0.39, 0.29) is 11.6 Å². The maximum Gasteiger partial charge on any atom is 0.317 e. The molecule has 4 rings (SSSR count). The van der Waals surface area contributed by atoms with Crippen LogP contribution in [0.4, 0.5) is 4.79 Å². The van der Waals surface area contributed by atoms with Crippen LogP contribution in [0.3, 0.4) is 0 Å². The van der Waals surface area contributed by atoms with E-state index in [1.807, 2.05) is 35.2 Å². The number of piperidine rings is 1. The van der Waals surface area contributed by atoms with Gasteiger partial charge in [0.15, 0.2) is 0 Å². The van der Waals surface area contributed by atoms with Crippen LogP contribution in [0.15, 0.2) is 60.7 Å². The molecule has 29 heavy (non-hydrogen) atoms. The number of urea groups is 1. The van der Waals surface area contributed by atoms with Gasteiger partial charge in [-0.25, -0.2) is 4.79 Å². The van der Waals surface area contributed by atoms with E-state index < -0.39 is 0 Å². The molecule has 0 aromatic heterocycles. The van der Waals surface area contributed by atoms with Crippen molar-refractivity contribution in [1.29, 1.82) is 0 Å². The summed E-state index contributed by atoms with van der Waals surface area (Å²) in [5.41, 5.74) is 2.66. The van der Waals surface area contributed by atoms with E-state index >= 15 is 0 Å². The lowest BCUT2D eigenvalue weighted by Gasteiger charge is -2.51. The standard InChI is InChI=1S/C24H32N4O/c1-26-14-12-24(13-15-26,22-10-6-3-7-11-22)28-18-16-27(17-19-28)23(29)25-20-21-8-4-2-5-9-21/h2-11H,12-20H2,1H3,(H,25,29). The molecule has 5 nitrogen and oxygen atoms in total. The highest BCUT2D eigenvalue weighted by molar-refractivity contribution is 5.74. The number of piperazine rings is 1.